The number of ether oxygens (including phenoxy) is 1. The molecule has 0 radical (unpaired) electrons. The second-order valence-electron chi connectivity index (χ2n) is 8.10. The predicted molar refractivity (Wildman–Crippen MR) is 102 cm³/mol. The quantitative estimate of drug-likeness (QED) is 0.378. The maximum atomic E-state index is 11.8. The van der Waals surface area contributed by atoms with Gasteiger partial charge in [0, 0.05) is 33.3 Å². The van der Waals surface area contributed by atoms with Gasteiger partial charge in [0.15, 0.2) is 5.96 Å². The molecule has 2 rings (SSSR count). The van der Waals surface area contributed by atoms with Crippen molar-refractivity contribution in [3.05, 3.63) is 0 Å². The van der Waals surface area contributed by atoms with E-state index in [0.29, 0.717) is 25.1 Å². The van der Waals surface area contributed by atoms with Crippen molar-refractivity contribution in [1.29, 1.82) is 0 Å². The summed E-state index contributed by atoms with van der Waals surface area (Å²) in [7, 11) is 3.52. The van der Waals surface area contributed by atoms with Gasteiger partial charge in [-0.05, 0) is 43.4 Å². The zero-order valence-corrected chi connectivity index (χ0v) is 16.4. The van der Waals surface area contributed by atoms with E-state index in [4.69, 9.17) is 4.74 Å². The van der Waals surface area contributed by atoms with Crippen LogP contribution in [0.25, 0.3) is 0 Å². The lowest BCUT2D eigenvalue weighted by molar-refractivity contribution is -0.127. The maximum absolute atomic E-state index is 11.8. The van der Waals surface area contributed by atoms with E-state index in [0.717, 1.165) is 30.8 Å². The van der Waals surface area contributed by atoms with Crippen molar-refractivity contribution >= 4 is 11.9 Å². The zero-order valence-electron chi connectivity index (χ0n) is 16.4. The van der Waals surface area contributed by atoms with Gasteiger partial charge in [0.25, 0.3) is 0 Å². The van der Waals surface area contributed by atoms with Gasteiger partial charge in [0.05, 0.1) is 6.61 Å². The van der Waals surface area contributed by atoms with Gasteiger partial charge in [0.1, 0.15) is 6.54 Å². The van der Waals surface area contributed by atoms with Crippen LogP contribution in [0.5, 0.6) is 0 Å². The first kappa shape index (κ1) is 20.0. The van der Waals surface area contributed by atoms with E-state index in [9.17, 15) is 4.79 Å². The van der Waals surface area contributed by atoms with E-state index in [1.165, 1.54) is 25.7 Å². The molecule has 0 heterocycles. The molecule has 0 aromatic rings. The second-order valence-corrected chi connectivity index (χ2v) is 8.10. The molecule has 6 nitrogen and oxygen atoms in total. The molecule has 1 amide bonds. The lowest BCUT2D eigenvalue weighted by Gasteiger charge is -2.25. The summed E-state index contributed by atoms with van der Waals surface area (Å²) in [5.74, 6) is 3.08. The lowest BCUT2D eigenvalue weighted by Crippen LogP contribution is -2.47. The van der Waals surface area contributed by atoms with Gasteiger partial charge in [-0.3, -0.25) is 4.79 Å². The summed E-state index contributed by atoms with van der Waals surface area (Å²) in [6.07, 6.45) is 6.37. The van der Waals surface area contributed by atoms with Crippen molar-refractivity contribution in [1.82, 2.24) is 15.5 Å². The molecule has 0 aromatic heterocycles. The van der Waals surface area contributed by atoms with Crippen LogP contribution in [0.1, 0.15) is 46.0 Å². The van der Waals surface area contributed by atoms with E-state index < -0.39 is 0 Å². The molecule has 2 aliphatic carbocycles. The molecular weight excluding hydrogens is 316 g/mol. The van der Waals surface area contributed by atoms with E-state index in [2.05, 4.69) is 29.5 Å². The number of amides is 1. The van der Waals surface area contributed by atoms with Crippen LogP contribution >= 0.6 is 0 Å². The molecule has 2 aliphatic rings. The molecule has 3 unspecified atom stereocenters. The highest BCUT2D eigenvalue weighted by Crippen LogP contribution is 2.44. The molecular formula is C19H36N4O2. The van der Waals surface area contributed by atoms with Crippen LogP contribution in [0.3, 0.4) is 0 Å². The largest absolute Gasteiger partial charge is 0.380 e. The standard InChI is InChI=1S/C19H36N4O2/c1-14(2)7-9-25-10-8-20-19(21-13-18(24)23(3)4)22-17-12-15-5-6-16(17)11-15/h14-17H,5-13H2,1-4H3,(H2,20,21,22). The highest BCUT2D eigenvalue weighted by atomic mass is 16.5. The van der Waals surface area contributed by atoms with Crippen LogP contribution in [0.4, 0.5) is 0 Å². The molecule has 2 fully saturated rings. The van der Waals surface area contributed by atoms with Crippen molar-refractivity contribution in [2.45, 2.75) is 52.0 Å². The smallest absolute Gasteiger partial charge is 0.243 e. The summed E-state index contributed by atoms with van der Waals surface area (Å²) in [6.45, 7) is 6.75. The maximum Gasteiger partial charge on any atom is 0.243 e. The Morgan fingerprint density at radius 1 is 1.24 bits per heavy atom. The summed E-state index contributed by atoms with van der Waals surface area (Å²) < 4.78 is 5.66. The lowest BCUT2D eigenvalue weighted by atomic mass is 9.95. The average molecular weight is 353 g/mol. The number of hydrogen-bond acceptors (Lipinski definition) is 3. The number of hydrogen-bond donors (Lipinski definition) is 2. The van der Waals surface area contributed by atoms with Crippen molar-refractivity contribution in [3.63, 3.8) is 0 Å². The van der Waals surface area contributed by atoms with Crippen molar-refractivity contribution in [3.8, 4) is 0 Å². The molecule has 0 aliphatic heterocycles. The minimum atomic E-state index is 0.0160. The Bertz CT molecular complexity index is 451. The van der Waals surface area contributed by atoms with Crippen LogP contribution in [-0.4, -0.2) is 63.2 Å². The Morgan fingerprint density at radius 3 is 2.64 bits per heavy atom. The molecule has 2 saturated carbocycles. The Kier molecular flexibility index (Phi) is 8.00. The van der Waals surface area contributed by atoms with Crippen molar-refractivity contribution in [2.24, 2.45) is 22.7 Å². The Hall–Kier alpha value is -1.30. The van der Waals surface area contributed by atoms with Crippen LogP contribution in [-0.2, 0) is 9.53 Å². The van der Waals surface area contributed by atoms with E-state index >= 15 is 0 Å². The first-order chi connectivity index (χ1) is 12.0. The van der Waals surface area contributed by atoms with Crippen LogP contribution < -0.4 is 10.6 Å². The summed E-state index contributed by atoms with van der Waals surface area (Å²) in [5, 5.41) is 6.90. The summed E-state index contributed by atoms with van der Waals surface area (Å²) in [5.41, 5.74) is 0. The number of rotatable bonds is 9. The Morgan fingerprint density at radius 2 is 2.04 bits per heavy atom. The molecule has 144 valence electrons. The van der Waals surface area contributed by atoms with Gasteiger partial charge >= 0.3 is 0 Å². The zero-order chi connectivity index (χ0) is 18.2. The fraction of sp³-hybridized carbons (Fsp3) is 0.895. The van der Waals surface area contributed by atoms with Gasteiger partial charge in [-0.2, -0.15) is 0 Å². The highest BCUT2D eigenvalue weighted by Gasteiger charge is 2.39. The molecule has 6 heteroatoms. The predicted octanol–water partition coefficient (Wildman–Crippen LogP) is 1.86. The average Bonchev–Trinajstić information content (AvgIpc) is 3.17. The number of carbonyl (C=O) groups is 1. The third kappa shape index (κ3) is 6.84. The minimum Gasteiger partial charge on any atom is -0.380 e. The highest BCUT2D eigenvalue weighted by molar-refractivity contribution is 5.85. The van der Waals surface area contributed by atoms with E-state index in [1.807, 2.05) is 0 Å². The fourth-order valence-corrected chi connectivity index (χ4v) is 3.70. The molecule has 0 saturated heterocycles. The van der Waals surface area contributed by atoms with Gasteiger partial charge < -0.3 is 20.3 Å². The van der Waals surface area contributed by atoms with Gasteiger partial charge in [-0.15, -0.1) is 0 Å². The molecule has 0 aromatic carbocycles. The molecule has 0 spiro atoms. The van der Waals surface area contributed by atoms with E-state index in [-0.39, 0.29) is 12.5 Å². The topological polar surface area (TPSA) is 66.0 Å². The molecule has 2 N–H and O–H groups in total. The monoisotopic (exact) mass is 352 g/mol. The number of guanidine groups is 1. The fourth-order valence-electron chi connectivity index (χ4n) is 3.70. The van der Waals surface area contributed by atoms with E-state index in [1.54, 1.807) is 19.0 Å². The van der Waals surface area contributed by atoms with Crippen molar-refractivity contribution < 1.29 is 9.53 Å². The van der Waals surface area contributed by atoms with Crippen LogP contribution in [0.2, 0.25) is 0 Å². The molecule has 3 atom stereocenters. The third-order valence-electron chi connectivity index (χ3n) is 5.31. The number of nitrogens with one attached hydrogen (secondary N) is 2. The summed E-state index contributed by atoms with van der Waals surface area (Å²) in [6, 6.07) is 0.501. The number of aliphatic imine (C=N–C) groups is 1. The third-order valence-corrected chi connectivity index (χ3v) is 5.31. The Balaban J connectivity index is 1.77. The van der Waals surface area contributed by atoms with Crippen LogP contribution in [0, 0.1) is 17.8 Å². The number of fused-ring (bicyclic) bond motifs is 2. The minimum absolute atomic E-state index is 0.0160. The number of nitrogens with zero attached hydrogens (tertiary/aromatic N) is 2. The Labute approximate surface area is 152 Å². The first-order valence-corrected chi connectivity index (χ1v) is 9.78. The normalized spacial score (nSPS) is 25.5. The molecule has 25 heavy (non-hydrogen) atoms. The van der Waals surface area contributed by atoms with Crippen LogP contribution in [0.15, 0.2) is 4.99 Å². The van der Waals surface area contributed by atoms with Crippen molar-refractivity contribution in [2.75, 3.05) is 40.4 Å². The second kappa shape index (κ2) is 10.00. The molecule has 2 bridgehead atoms. The number of likely N-dealkylation sites (N-methyl/N-ethyl adjacent to an activating group) is 1. The van der Waals surface area contributed by atoms with Gasteiger partial charge in [-0.25, -0.2) is 4.99 Å². The summed E-state index contributed by atoms with van der Waals surface area (Å²) in [4.78, 5) is 17.9. The number of carbonyl (C=O) groups excluding carboxylic acids is 1. The first-order valence-electron chi connectivity index (χ1n) is 9.78. The van der Waals surface area contributed by atoms with Gasteiger partial charge in [0.2, 0.25) is 5.91 Å². The summed E-state index contributed by atoms with van der Waals surface area (Å²) >= 11 is 0. The SMILES string of the molecule is CC(C)CCOCCNC(=NCC(=O)N(C)C)NC1CC2CCC1C2. The van der Waals surface area contributed by atoms with Gasteiger partial charge in [-0.1, -0.05) is 20.3 Å².